The molecule has 0 bridgehead atoms. The van der Waals surface area contributed by atoms with Gasteiger partial charge in [-0.3, -0.25) is 4.90 Å². The highest BCUT2D eigenvalue weighted by Gasteiger charge is 2.25. The molecule has 0 atom stereocenters. The number of hydrogen-bond donors (Lipinski definition) is 1. The smallest absolute Gasteiger partial charge is 0.123 e. The Labute approximate surface area is 148 Å². The molecule has 2 aliphatic heterocycles. The third-order valence-corrected chi connectivity index (χ3v) is 5.03. The number of fused-ring (bicyclic) bond motifs is 1. The van der Waals surface area contributed by atoms with Crippen LogP contribution in [0.2, 0.25) is 0 Å². The maximum absolute atomic E-state index is 13.6. The van der Waals surface area contributed by atoms with Crippen molar-refractivity contribution in [3.8, 4) is 0 Å². The minimum absolute atomic E-state index is 0.169. The third-order valence-electron chi connectivity index (χ3n) is 5.03. The van der Waals surface area contributed by atoms with E-state index in [9.17, 15) is 4.39 Å². The lowest BCUT2D eigenvalue weighted by molar-refractivity contribution is 0.307. The second-order valence-corrected chi connectivity index (χ2v) is 7.00. The number of benzene rings is 2. The first-order chi connectivity index (χ1) is 12.2. The summed E-state index contributed by atoms with van der Waals surface area (Å²) >= 11 is 0. The molecule has 132 valence electrons. The van der Waals surface area contributed by atoms with Crippen molar-refractivity contribution >= 4 is 11.4 Å². The van der Waals surface area contributed by atoms with Crippen LogP contribution in [-0.4, -0.2) is 44.8 Å². The lowest BCUT2D eigenvalue weighted by atomic mass is 10.0. The van der Waals surface area contributed by atoms with Gasteiger partial charge in [-0.05, 0) is 36.9 Å². The van der Waals surface area contributed by atoms with Gasteiger partial charge < -0.3 is 15.1 Å². The average Bonchev–Trinajstić information content (AvgIpc) is 2.62. The van der Waals surface area contributed by atoms with Gasteiger partial charge in [0.15, 0.2) is 0 Å². The van der Waals surface area contributed by atoms with Crippen LogP contribution in [0.15, 0.2) is 42.5 Å². The van der Waals surface area contributed by atoms with E-state index in [4.69, 9.17) is 0 Å². The molecule has 1 fully saturated rings. The number of nitrogens with one attached hydrogen (secondary N) is 1. The fraction of sp³-hybridized carbons (Fsp3) is 0.400. The highest BCUT2D eigenvalue weighted by atomic mass is 19.1. The molecule has 1 saturated heterocycles. The van der Waals surface area contributed by atoms with Gasteiger partial charge in [-0.25, -0.2) is 4.39 Å². The fourth-order valence-electron chi connectivity index (χ4n) is 3.90. The summed E-state index contributed by atoms with van der Waals surface area (Å²) in [5, 5.41) is 3.42. The van der Waals surface area contributed by atoms with Gasteiger partial charge in [0.1, 0.15) is 5.82 Å². The minimum Gasteiger partial charge on any atom is -0.369 e. The van der Waals surface area contributed by atoms with Crippen LogP contribution in [-0.2, 0) is 13.1 Å². The average molecular weight is 340 g/mol. The maximum atomic E-state index is 13.6. The Balaban J connectivity index is 1.66. The zero-order valence-corrected chi connectivity index (χ0v) is 14.7. The number of piperazine rings is 1. The SMILES string of the molecule is CN1Cc2c(N3CCNCC3)cccc2N(Cc2cccc(F)c2)C1. The molecule has 0 aliphatic carbocycles. The Morgan fingerprint density at radius 1 is 1.04 bits per heavy atom. The van der Waals surface area contributed by atoms with Crippen LogP contribution in [0.25, 0.3) is 0 Å². The second-order valence-electron chi connectivity index (χ2n) is 7.00. The zero-order valence-electron chi connectivity index (χ0n) is 14.7. The number of nitrogens with zero attached hydrogens (tertiary/aromatic N) is 3. The predicted molar refractivity (Wildman–Crippen MR) is 100 cm³/mol. The topological polar surface area (TPSA) is 21.8 Å². The van der Waals surface area contributed by atoms with Crippen molar-refractivity contribution in [2.45, 2.75) is 13.1 Å². The van der Waals surface area contributed by atoms with Crippen molar-refractivity contribution in [1.29, 1.82) is 0 Å². The van der Waals surface area contributed by atoms with Crippen LogP contribution < -0.4 is 15.1 Å². The third kappa shape index (κ3) is 3.48. The molecule has 2 aromatic carbocycles. The number of hydrogen-bond acceptors (Lipinski definition) is 4. The second kappa shape index (κ2) is 7.02. The molecule has 2 heterocycles. The minimum atomic E-state index is -0.169. The number of rotatable bonds is 3. The summed E-state index contributed by atoms with van der Waals surface area (Å²) in [6.45, 7) is 6.69. The molecule has 0 amide bonds. The van der Waals surface area contributed by atoms with Gasteiger partial charge in [0, 0.05) is 56.2 Å². The molecule has 2 aromatic rings. The summed E-state index contributed by atoms with van der Waals surface area (Å²) in [6.07, 6.45) is 0. The largest absolute Gasteiger partial charge is 0.369 e. The van der Waals surface area contributed by atoms with Crippen LogP contribution in [0.3, 0.4) is 0 Å². The highest BCUT2D eigenvalue weighted by molar-refractivity contribution is 5.69. The van der Waals surface area contributed by atoms with Gasteiger partial charge in [-0.2, -0.15) is 0 Å². The van der Waals surface area contributed by atoms with E-state index in [-0.39, 0.29) is 5.82 Å². The van der Waals surface area contributed by atoms with E-state index in [0.29, 0.717) is 0 Å². The van der Waals surface area contributed by atoms with Gasteiger partial charge in [0.05, 0.1) is 6.67 Å². The van der Waals surface area contributed by atoms with E-state index < -0.39 is 0 Å². The molecule has 0 aromatic heterocycles. The summed E-state index contributed by atoms with van der Waals surface area (Å²) in [7, 11) is 2.15. The van der Waals surface area contributed by atoms with E-state index in [1.807, 2.05) is 6.07 Å². The number of halogens is 1. The van der Waals surface area contributed by atoms with Crippen LogP contribution in [0.4, 0.5) is 15.8 Å². The maximum Gasteiger partial charge on any atom is 0.123 e. The van der Waals surface area contributed by atoms with Crippen LogP contribution in [0.5, 0.6) is 0 Å². The molecule has 5 heteroatoms. The van der Waals surface area contributed by atoms with E-state index in [1.54, 1.807) is 12.1 Å². The Bertz CT molecular complexity index is 742. The van der Waals surface area contributed by atoms with Crippen molar-refractivity contribution in [1.82, 2.24) is 10.2 Å². The van der Waals surface area contributed by atoms with Gasteiger partial charge in [-0.1, -0.05) is 18.2 Å². The van der Waals surface area contributed by atoms with Crippen molar-refractivity contribution < 1.29 is 4.39 Å². The fourth-order valence-corrected chi connectivity index (χ4v) is 3.90. The summed E-state index contributed by atoms with van der Waals surface area (Å²) in [5.41, 5.74) is 5.01. The first-order valence-electron chi connectivity index (χ1n) is 8.96. The molecule has 0 unspecified atom stereocenters. The molecular weight excluding hydrogens is 315 g/mol. The Hall–Kier alpha value is -2.11. The van der Waals surface area contributed by atoms with E-state index >= 15 is 0 Å². The Morgan fingerprint density at radius 3 is 2.60 bits per heavy atom. The van der Waals surface area contributed by atoms with E-state index in [0.717, 1.165) is 51.5 Å². The monoisotopic (exact) mass is 340 g/mol. The lowest BCUT2D eigenvalue weighted by Crippen LogP contribution is -2.45. The molecular formula is C20H25FN4. The summed E-state index contributed by atoms with van der Waals surface area (Å²) in [5.74, 6) is -0.169. The van der Waals surface area contributed by atoms with Crippen LogP contribution >= 0.6 is 0 Å². The molecule has 0 radical (unpaired) electrons. The molecule has 4 nitrogen and oxygen atoms in total. The quantitative estimate of drug-likeness (QED) is 0.927. The summed E-state index contributed by atoms with van der Waals surface area (Å²) in [4.78, 5) is 7.15. The molecule has 0 spiro atoms. The number of anilines is 2. The standard InChI is InChI=1S/C20H25FN4/c1-23-14-18-19(24-10-8-22-9-11-24)6-3-7-20(18)25(15-23)13-16-4-2-5-17(21)12-16/h2-7,12,22H,8-11,13-15H2,1H3. The van der Waals surface area contributed by atoms with Crippen molar-refractivity contribution in [2.75, 3.05) is 49.7 Å². The van der Waals surface area contributed by atoms with E-state index in [1.165, 1.54) is 23.0 Å². The first-order valence-corrected chi connectivity index (χ1v) is 8.96. The Morgan fingerprint density at radius 2 is 1.80 bits per heavy atom. The van der Waals surface area contributed by atoms with Crippen molar-refractivity contribution in [2.24, 2.45) is 0 Å². The first kappa shape index (κ1) is 16.4. The molecule has 1 N–H and O–H groups in total. The van der Waals surface area contributed by atoms with Crippen LogP contribution in [0.1, 0.15) is 11.1 Å². The predicted octanol–water partition coefficient (Wildman–Crippen LogP) is 2.64. The van der Waals surface area contributed by atoms with Crippen molar-refractivity contribution in [3.05, 3.63) is 59.4 Å². The normalized spacial score (nSPS) is 18.3. The summed E-state index contributed by atoms with van der Waals surface area (Å²) in [6, 6.07) is 13.5. The molecule has 4 rings (SSSR count). The molecule has 0 saturated carbocycles. The zero-order chi connectivity index (χ0) is 17.2. The van der Waals surface area contributed by atoms with Gasteiger partial charge in [0.2, 0.25) is 0 Å². The summed E-state index contributed by atoms with van der Waals surface area (Å²) < 4.78 is 13.6. The lowest BCUT2D eigenvalue weighted by Gasteiger charge is -2.40. The van der Waals surface area contributed by atoms with Crippen molar-refractivity contribution in [3.63, 3.8) is 0 Å². The van der Waals surface area contributed by atoms with Gasteiger partial charge >= 0.3 is 0 Å². The Kier molecular flexibility index (Phi) is 4.59. The molecule has 25 heavy (non-hydrogen) atoms. The molecule has 2 aliphatic rings. The van der Waals surface area contributed by atoms with Gasteiger partial charge in [-0.15, -0.1) is 0 Å². The van der Waals surface area contributed by atoms with Gasteiger partial charge in [0.25, 0.3) is 0 Å². The highest BCUT2D eigenvalue weighted by Crippen LogP contribution is 2.35. The van der Waals surface area contributed by atoms with E-state index in [2.05, 4.69) is 45.3 Å². The van der Waals surface area contributed by atoms with Crippen LogP contribution in [0, 0.1) is 5.82 Å².